The van der Waals surface area contributed by atoms with Crippen molar-refractivity contribution in [3.05, 3.63) is 64.0 Å². The molecule has 0 N–H and O–H groups in total. The Balaban J connectivity index is 1.87. The van der Waals surface area contributed by atoms with Gasteiger partial charge in [-0.25, -0.2) is 4.98 Å². The number of carbonyl (C=O) groups excluding carboxylic acids is 1. The molecule has 0 saturated carbocycles. The third kappa shape index (κ3) is 2.93. The lowest BCUT2D eigenvalue weighted by Gasteiger charge is -2.19. The fourth-order valence-corrected chi connectivity index (χ4v) is 4.30. The average Bonchev–Trinajstić information content (AvgIpc) is 3.17. The molecule has 4 nitrogen and oxygen atoms in total. The maximum absolute atomic E-state index is 12.1. The lowest BCUT2D eigenvalue weighted by molar-refractivity contribution is -0.126. The van der Waals surface area contributed by atoms with Crippen molar-refractivity contribution in [2.45, 2.75) is 46.6 Å². The molecular formula is C23H27N3O. The van der Waals surface area contributed by atoms with Crippen LogP contribution in [0.4, 0.5) is 0 Å². The summed E-state index contributed by atoms with van der Waals surface area (Å²) in [5.74, 6) is 1.39. The highest BCUT2D eigenvalue weighted by molar-refractivity contribution is 5.80. The molecule has 1 atom stereocenters. The summed E-state index contributed by atoms with van der Waals surface area (Å²) >= 11 is 0. The van der Waals surface area contributed by atoms with E-state index in [1.807, 2.05) is 18.0 Å². The SMILES string of the molecule is Cc1cc(C)c(C)c(Cn2c(C3CC(=O)N(C)C3)nc3ccccc32)c1C. The molecule has 2 aromatic carbocycles. The number of amides is 1. The Bertz CT molecular complexity index is 1020. The van der Waals surface area contributed by atoms with Crippen molar-refractivity contribution >= 4 is 16.9 Å². The van der Waals surface area contributed by atoms with Gasteiger partial charge in [-0.3, -0.25) is 4.79 Å². The average molecular weight is 361 g/mol. The topological polar surface area (TPSA) is 38.1 Å². The van der Waals surface area contributed by atoms with Crippen LogP contribution >= 0.6 is 0 Å². The second-order valence-electron chi connectivity index (χ2n) is 7.96. The molecule has 140 valence electrons. The molecule has 0 spiro atoms. The molecule has 2 heterocycles. The second-order valence-corrected chi connectivity index (χ2v) is 7.96. The molecule has 1 unspecified atom stereocenters. The first-order chi connectivity index (χ1) is 12.9. The van der Waals surface area contributed by atoms with Crippen molar-refractivity contribution in [1.29, 1.82) is 0 Å². The molecule has 4 heteroatoms. The molecule has 0 aliphatic carbocycles. The van der Waals surface area contributed by atoms with Gasteiger partial charge in [-0.2, -0.15) is 0 Å². The number of para-hydroxylation sites is 2. The normalized spacial score (nSPS) is 17.3. The quantitative estimate of drug-likeness (QED) is 0.699. The summed E-state index contributed by atoms with van der Waals surface area (Å²) < 4.78 is 2.33. The van der Waals surface area contributed by atoms with Gasteiger partial charge in [0.25, 0.3) is 0 Å². The molecule has 1 aromatic heterocycles. The van der Waals surface area contributed by atoms with Gasteiger partial charge in [0, 0.05) is 32.5 Å². The van der Waals surface area contributed by atoms with E-state index in [4.69, 9.17) is 4.98 Å². The summed E-state index contributed by atoms with van der Waals surface area (Å²) in [5, 5.41) is 0. The van der Waals surface area contributed by atoms with Crippen LogP contribution in [0.5, 0.6) is 0 Å². The molecule has 0 bridgehead atoms. The molecule has 1 fully saturated rings. The standard InChI is InChI=1S/C23H27N3O/c1-14-10-15(2)17(4)19(16(14)3)13-26-21-9-7-6-8-20(21)24-23(26)18-11-22(27)25(5)12-18/h6-10,18H,11-13H2,1-5H3. The van der Waals surface area contributed by atoms with Crippen molar-refractivity contribution in [2.24, 2.45) is 0 Å². The zero-order chi connectivity index (χ0) is 19.3. The van der Waals surface area contributed by atoms with Crippen LogP contribution in [-0.2, 0) is 11.3 Å². The summed E-state index contributed by atoms with van der Waals surface area (Å²) in [6.45, 7) is 10.3. The molecule has 3 aromatic rings. The summed E-state index contributed by atoms with van der Waals surface area (Å²) in [4.78, 5) is 18.9. The lowest BCUT2D eigenvalue weighted by Crippen LogP contribution is -2.19. The van der Waals surface area contributed by atoms with Crippen molar-refractivity contribution < 1.29 is 4.79 Å². The number of likely N-dealkylation sites (tertiary alicyclic amines) is 1. The minimum absolute atomic E-state index is 0.154. The Morgan fingerprint density at radius 1 is 1.07 bits per heavy atom. The van der Waals surface area contributed by atoms with E-state index >= 15 is 0 Å². The van der Waals surface area contributed by atoms with Gasteiger partial charge in [0.05, 0.1) is 11.0 Å². The van der Waals surface area contributed by atoms with Crippen LogP contribution in [0.3, 0.4) is 0 Å². The molecule has 1 aliphatic heterocycles. The van der Waals surface area contributed by atoms with Crippen LogP contribution in [0, 0.1) is 27.7 Å². The monoisotopic (exact) mass is 361 g/mol. The van der Waals surface area contributed by atoms with E-state index in [1.54, 1.807) is 0 Å². The van der Waals surface area contributed by atoms with Gasteiger partial charge < -0.3 is 9.47 Å². The van der Waals surface area contributed by atoms with Crippen LogP contribution < -0.4 is 0 Å². The zero-order valence-electron chi connectivity index (χ0n) is 16.8. The molecule has 27 heavy (non-hydrogen) atoms. The second kappa shape index (κ2) is 6.52. The number of aromatic nitrogens is 2. The highest BCUT2D eigenvalue weighted by Gasteiger charge is 2.32. The number of aryl methyl sites for hydroxylation is 2. The van der Waals surface area contributed by atoms with Gasteiger partial charge in [-0.15, -0.1) is 0 Å². The Morgan fingerprint density at radius 3 is 2.37 bits per heavy atom. The van der Waals surface area contributed by atoms with Crippen LogP contribution in [-0.4, -0.2) is 34.0 Å². The van der Waals surface area contributed by atoms with E-state index < -0.39 is 0 Å². The lowest BCUT2D eigenvalue weighted by atomic mass is 9.94. The van der Waals surface area contributed by atoms with Crippen LogP contribution in [0.15, 0.2) is 30.3 Å². The minimum atomic E-state index is 0.154. The van der Waals surface area contributed by atoms with E-state index in [0.717, 1.165) is 29.9 Å². The summed E-state index contributed by atoms with van der Waals surface area (Å²) in [6.07, 6.45) is 0.546. The van der Waals surface area contributed by atoms with Crippen molar-refractivity contribution in [3.63, 3.8) is 0 Å². The van der Waals surface area contributed by atoms with E-state index in [-0.39, 0.29) is 11.8 Å². The fourth-order valence-electron chi connectivity index (χ4n) is 4.30. The third-order valence-corrected chi connectivity index (χ3v) is 6.23. The molecular weight excluding hydrogens is 334 g/mol. The van der Waals surface area contributed by atoms with Gasteiger partial charge >= 0.3 is 0 Å². The van der Waals surface area contributed by atoms with E-state index in [0.29, 0.717) is 6.42 Å². The fraction of sp³-hybridized carbons (Fsp3) is 0.391. The van der Waals surface area contributed by atoms with Gasteiger partial charge in [0.2, 0.25) is 5.91 Å². The first-order valence-corrected chi connectivity index (χ1v) is 9.62. The minimum Gasteiger partial charge on any atom is -0.345 e. The van der Waals surface area contributed by atoms with Crippen molar-refractivity contribution in [2.75, 3.05) is 13.6 Å². The molecule has 1 aliphatic rings. The predicted molar refractivity (Wildman–Crippen MR) is 109 cm³/mol. The maximum atomic E-state index is 12.1. The van der Waals surface area contributed by atoms with Crippen LogP contribution in [0.25, 0.3) is 11.0 Å². The van der Waals surface area contributed by atoms with Crippen LogP contribution in [0.1, 0.15) is 46.0 Å². The van der Waals surface area contributed by atoms with Crippen molar-refractivity contribution in [3.8, 4) is 0 Å². The van der Waals surface area contributed by atoms with Gasteiger partial charge in [-0.1, -0.05) is 18.2 Å². The number of fused-ring (bicyclic) bond motifs is 1. The number of likely N-dealkylation sites (N-methyl/N-ethyl adjacent to an activating group) is 1. The smallest absolute Gasteiger partial charge is 0.223 e. The Labute approximate surface area is 160 Å². The Morgan fingerprint density at radius 2 is 1.74 bits per heavy atom. The van der Waals surface area contributed by atoms with E-state index in [2.05, 4.69) is 56.5 Å². The summed E-state index contributed by atoms with van der Waals surface area (Å²) in [5.41, 5.74) is 8.88. The zero-order valence-corrected chi connectivity index (χ0v) is 16.8. The highest BCUT2D eigenvalue weighted by atomic mass is 16.2. The number of hydrogen-bond acceptors (Lipinski definition) is 2. The Hall–Kier alpha value is -2.62. The number of rotatable bonds is 3. The van der Waals surface area contributed by atoms with Crippen LogP contribution in [0.2, 0.25) is 0 Å². The number of imidazole rings is 1. The first-order valence-electron chi connectivity index (χ1n) is 9.62. The highest BCUT2D eigenvalue weighted by Crippen LogP contribution is 2.31. The predicted octanol–water partition coefficient (Wildman–Crippen LogP) is 4.26. The van der Waals surface area contributed by atoms with Gasteiger partial charge in [0.1, 0.15) is 5.82 Å². The molecule has 1 amide bonds. The van der Waals surface area contributed by atoms with Gasteiger partial charge in [0.15, 0.2) is 0 Å². The number of hydrogen-bond donors (Lipinski definition) is 0. The van der Waals surface area contributed by atoms with E-state index in [1.165, 1.54) is 27.8 Å². The first kappa shape index (κ1) is 17.8. The number of carbonyl (C=O) groups is 1. The van der Waals surface area contributed by atoms with E-state index in [9.17, 15) is 4.79 Å². The number of nitrogens with zero attached hydrogens (tertiary/aromatic N) is 3. The number of benzene rings is 2. The molecule has 1 saturated heterocycles. The Kier molecular flexibility index (Phi) is 4.29. The van der Waals surface area contributed by atoms with Crippen molar-refractivity contribution in [1.82, 2.24) is 14.5 Å². The molecule has 0 radical (unpaired) electrons. The summed E-state index contributed by atoms with van der Waals surface area (Å²) in [6, 6.07) is 10.6. The summed E-state index contributed by atoms with van der Waals surface area (Å²) in [7, 11) is 1.88. The molecule has 4 rings (SSSR count). The third-order valence-electron chi connectivity index (χ3n) is 6.23. The maximum Gasteiger partial charge on any atom is 0.223 e. The van der Waals surface area contributed by atoms with Gasteiger partial charge in [-0.05, 0) is 67.6 Å². The largest absolute Gasteiger partial charge is 0.345 e.